The van der Waals surface area contributed by atoms with Crippen LogP contribution in [0.3, 0.4) is 0 Å². The zero-order valence-corrected chi connectivity index (χ0v) is 11.6. The molecule has 0 unspecified atom stereocenters. The van der Waals surface area contributed by atoms with Crippen molar-refractivity contribution in [2.75, 3.05) is 6.54 Å². The molecule has 2 aromatic rings. The van der Waals surface area contributed by atoms with E-state index in [4.69, 9.17) is 0 Å². The normalized spacial score (nSPS) is 10.8. The lowest BCUT2D eigenvalue weighted by atomic mass is 10.2. The first-order valence-corrected chi connectivity index (χ1v) is 6.51. The van der Waals surface area contributed by atoms with Crippen molar-refractivity contribution in [3.63, 3.8) is 0 Å². The van der Waals surface area contributed by atoms with Crippen LogP contribution in [0.4, 0.5) is 4.39 Å². The number of hydrogen-bond donors (Lipinski definition) is 1. The van der Waals surface area contributed by atoms with Crippen LogP contribution in [0.2, 0.25) is 0 Å². The van der Waals surface area contributed by atoms with Gasteiger partial charge >= 0.3 is 0 Å². The minimum atomic E-state index is -0.259. The Balaban J connectivity index is 2.13. The zero-order valence-electron chi connectivity index (χ0n) is 10.0. The van der Waals surface area contributed by atoms with Gasteiger partial charge in [-0.1, -0.05) is 13.0 Å². The standard InChI is InChI=1S/C12H14BrFN4/c1-2-15-6-12-16-8-17-18(12)7-9-3-4-11(14)10(13)5-9/h3-5,8,15H,2,6-7H2,1H3. The molecule has 0 bridgehead atoms. The first kappa shape index (κ1) is 13.2. The number of benzene rings is 1. The van der Waals surface area contributed by atoms with E-state index in [1.807, 2.05) is 11.6 Å². The van der Waals surface area contributed by atoms with Crippen LogP contribution in [-0.4, -0.2) is 21.3 Å². The lowest BCUT2D eigenvalue weighted by Gasteiger charge is -2.07. The Labute approximate surface area is 113 Å². The fraction of sp³-hybridized carbons (Fsp3) is 0.333. The topological polar surface area (TPSA) is 42.7 Å². The van der Waals surface area contributed by atoms with Gasteiger partial charge in [0, 0.05) is 0 Å². The van der Waals surface area contributed by atoms with Gasteiger partial charge in [-0.2, -0.15) is 5.10 Å². The molecule has 6 heteroatoms. The molecule has 1 aromatic heterocycles. The van der Waals surface area contributed by atoms with Crippen LogP contribution in [-0.2, 0) is 13.1 Å². The molecule has 0 saturated carbocycles. The molecule has 0 aliphatic rings. The molecular weight excluding hydrogens is 299 g/mol. The molecule has 0 fully saturated rings. The molecule has 1 N–H and O–H groups in total. The maximum absolute atomic E-state index is 13.1. The van der Waals surface area contributed by atoms with Gasteiger partial charge in [-0.05, 0) is 40.2 Å². The molecule has 4 nitrogen and oxygen atoms in total. The average molecular weight is 313 g/mol. The first-order valence-electron chi connectivity index (χ1n) is 5.72. The van der Waals surface area contributed by atoms with Crippen molar-refractivity contribution in [3.8, 4) is 0 Å². The highest BCUT2D eigenvalue weighted by molar-refractivity contribution is 9.10. The maximum atomic E-state index is 13.1. The monoisotopic (exact) mass is 312 g/mol. The van der Waals surface area contributed by atoms with Crippen molar-refractivity contribution in [1.29, 1.82) is 0 Å². The lowest BCUT2D eigenvalue weighted by molar-refractivity contribution is 0.591. The van der Waals surface area contributed by atoms with Crippen LogP contribution >= 0.6 is 15.9 Å². The molecule has 0 radical (unpaired) electrons. The van der Waals surface area contributed by atoms with Gasteiger partial charge in [0.15, 0.2) is 0 Å². The van der Waals surface area contributed by atoms with Gasteiger partial charge in [0.05, 0.1) is 17.6 Å². The SMILES string of the molecule is CCNCc1ncnn1Cc1ccc(F)c(Br)c1. The summed E-state index contributed by atoms with van der Waals surface area (Å²) < 4.78 is 15.4. The Morgan fingerprint density at radius 1 is 1.44 bits per heavy atom. The van der Waals surface area contributed by atoms with Gasteiger partial charge in [-0.25, -0.2) is 14.1 Å². The van der Waals surface area contributed by atoms with Gasteiger partial charge in [-0.15, -0.1) is 0 Å². The maximum Gasteiger partial charge on any atom is 0.141 e. The smallest absolute Gasteiger partial charge is 0.141 e. The molecule has 18 heavy (non-hydrogen) atoms. The molecule has 0 spiro atoms. The lowest BCUT2D eigenvalue weighted by Crippen LogP contribution is -2.17. The van der Waals surface area contributed by atoms with Crippen molar-refractivity contribution in [3.05, 3.63) is 46.2 Å². The zero-order chi connectivity index (χ0) is 13.0. The van der Waals surface area contributed by atoms with Crippen molar-refractivity contribution in [2.45, 2.75) is 20.0 Å². The summed E-state index contributed by atoms with van der Waals surface area (Å²) in [5.74, 6) is 0.613. The number of aromatic nitrogens is 3. The second-order valence-electron chi connectivity index (χ2n) is 3.86. The number of nitrogens with one attached hydrogen (secondary N) is 1. The number of hydrogen-bond acceptors (Lipinski definition) is 3. The van der Waals surface area contributed by atoms with Gasteiger partial charge in [-0.3, -0.25) is 0 Å². The van der Waals surface area contributed by atoms with E-state index in [2.05, 4.69) is 31.3 Å². The van der Waals surface area contributed by atoms with Crippen LogP contribution in [0.25, 0.3) is 0 Å². The van der Waals surface area contributed by atoms with Crippen LogP contribution in [0.15, 0.2) is 29.0 Å². The Morgan fingerprint density at radius 2 is 2.28 bits per heavy atom. The summed E-state index contributed by atoms with van der Waals surface area (Å²) >= 11 is 3.18. The fourth-order valence-electron chi connectivity index (χ4n) is 1.60. The quantitative estimate of drug-likeness (QED) is 0.921. The van der Waals surface area contributed by atoms with E-state index in [1.54, 1.807) is 12.1 Å². The largest absolute Gasteiger partial charge is 0.310 e. The van der Waals surface area contributed by atoms with E-state index in [9.17, 15) is 4.39 Å². The van der Waals surface area contributed by atoms with Gasteiger partial charge in [0.25, 0.3) is 0 Å². The molecule has 0 aliphatic carbocycles. The van der Waals surface area contributed by atoms with E-state index in [1.165, 1.54) is 12.4 Å². The minimum Gasteiger partial charge on any atom is -0.310 e. The second kappa shape index (κ2) is 6.06. The second-order valence-corrected chi connectivity index (χ2v) is 4.72. The van der Waals surface area contributed by atoms with Crippen molar-refractivity contribution < 1.29 is 4.39 Å². The molecular formula is C12H14BrFN4. The summed E-state index contributed by atoms with van der Waals surface area (Å²) in [6.45, 7) is 4.19. The predicted molar refractivity (Wildman–Crippen MR) is 70.6 cm³/mol. The summed E-state index contributed by atoms with van der Waals surface area (Å²) in [6.07, 6.45) is 1.53. The third-order valence-corrected chi connectivity index (χ3v) is 3.15. The third kappa shape index (κ3) is 3.14. The molecule has 0 amide bonds. The van der Waals surface area contributed by atoms with E-state index in [0.29, 0.717) is 17.6 Å². The molecule has 1 heterocycles. The molecule has 96 valence electrons. The van der Waals surface area contributed by atoms with Crippen molar-refractivity contribution in [1.82, 2.24) is 20.1 Å². The highest BCUT2D eigenvalue weighted by atomic mass is 79.9. The van der Waals surface area contributed by atoms with Gasteiger partial charge in [0.1, 0.15) is 18.0 Å². The molecule has 2 rings (SSSR count). The fourth-order valence-corrected chi connectivity index (χ4v) is 2.03. The van der Waals surface area contributed by atoms with Crippen LogP contribution < -0.4 is 5.32 Å². The summed E-state index contributed by atoms with van der Waals surface area (Å²) in [4.78, 5) is 4.19. The predicted octanol–water partition coefficient (Wildman–Crippen LogP) is 2.34. The first-order chi connectivity index (χ1) is 8.70. The third-order valence-electron chi connectivity index (χ3n) is 2.55. The molecule has 0 atom stereocenters. The van der Waals surface area contributed by atoms with Gasteiger partial charge < -0.3 is 5.32 Å². The summed E-state index contributed by atoms with van der Waals surface area (Å²) in [5, 5.41) is 7.38. The number of halogens is 2. The average Bonchev–Trinajstić information content (AvgIpc) is 2.79. The van der Waals surface area contributed by atoms with Crippen molar-refractivity contribution >= 4 is 15.9 Å². The van der Waals surface area contributed by atoms with Crippen LogP contribution in [0, 0.1) is 5.82 Å². The molecule has 0 aliphatic heterocycles. The summed E-state index contributed by atoms with van der Waals surface area (Å²) in [6, 6.07) is 4.95. The van der Waals surface area contributed by atoms with E-state index in [0.717, 1.165) is 17.9 Å². The molecule has 0 saturated heterocycles. The van der Waals surface area contributed by atoms with Crippen molar-refractivity contribution in [2.24, 2.45) is 0 Å². The molecule has 1 aromatic carbocycles. The summed E-state index contributed by atoms with van der Waals surface area (Å²) in [7, 11) is 0. The van der Waals surface area contributed by atoms with E-state index in [-0.39, 0.29) is 5.82 Å². The number of rotatable bonds is 5. The highest BCUT2D eigenvalue weighted by Crippen LogP contribution is 2.17. The minimum absolute atomic E-state index is 0.259. The Hall–Kier alpha value is -1.27. The Bertz CT molecular complexity index is 527. The Morgan fingerprint density at radius 3 is 3.00 bits per heavy atom. The van der Waals surface area contributed by atoms with E-state index < -0.39 is 0 Å². The summed E-state index contributed by atoms with van der Waals surface area (Å²) in [5.41, 5.74) is 0.978. The van der Waals surface area contributed by atoms with Crippen LogP contribution in [0.5, 0.6) is 0 Å². The highest BCUT2D eigenvalue weighted by Gasteiger charge is 2.06. The Kier molecular flexibility index (Phi) is 4.43. The number of nitrogens with zero attached hydrogens (tertiary/aromatic N) is 3. The van der Waals surface area contributed by atoms with E-state index >= 15 is 0 Å². The van der Waals surface area contributed by atoms with Crippen LogP contribution in [0.1, 0.15) is 18.3 Å². The van der Waals surface area contributed by atoms with Gasteiger partial charge in [0.2, 0.25) is 0 Å².